The van der Waals surface area contributed by atoms with Crippen molar-refractivity contribution < 1.29 is 0 Å². The lowest BCUT2D eigenvalue weighted by molar-refractivity contribution is 0.442. The van der Waals surface area contributed by atoms with Gasteiger partial charge < -0.3 is 4.90 Å². The maximum absolute atomic E-state index is 3.77. The van der Waals surface area contributed by atoms with Gasteiger partial charge in [-0.15, -0.1) is 0 Å². The second-order valence-electron chi connectivity index (χ2n) is 3.33. The lowest BCUT2D eigenvalue weighted by atomic mass is 10.1. The molecule has 0 saturated heterocycles. The van der Waals surface area contributed by atoms with Gasteiger partial charge in [-0.05, 0) is 25.5 Å². The zero-order valence-corrected chi connectivity index (χ0v) is 9.61. The molecular weight excluding hydrogens is 182 g/mol. The molecule has 1 aromatic rings. The first kappa shape index (κ1) is 11.6. The molecule has 1 aromatic carbocycles. The van der Waals surface area contributed by atoms with Crippen LogP contribution in [0.15, 0.2) is 49.1 Å². The van der Waals surface area contributed by atoms with Gasteiger partial charge in [-0.2, -0.15) is 0 Å². The van der Waals surface area contributed by atoms with Crippen LogP contribution in [-0.2, 0) is 0 Å². The monoisotopic (exact) mass is 201 g/mol. The van der Waals surface area contributed by atoms with E-state index >= 15 is 0 Å². The summed E-state index contributed by atoms with van der Waals surface area (Å²) in [6.07, 6.45) is 3.92. The summed E-state index contributed by atoms with van der Waals surface area (Å²) in [6.45, 7) is 10.2. The third kappa shape index (κ3) is 2.98. The van der Waals surface area contributed by atoms with Crippen LogP contribution in [0.3, 0.4) is 0 Å². The van der Waals surface area contributed by atoms with Crippen molar-refractivity contribution in [3.05, 3.63) is 54.6 Å². The van der Waals surface area contributed by atoms with Crippen LogP contribution in [-0.4, -0.2) is 18.0 Å². The van der Waals surface area contributed by atoms with E-state index in [0.717, 1.165) is 13.1 Å². The maximum atomic E-state index is 3.77. The molecule has 15 heavy (non-hydrogen) atoms. The summed E-state index contributed by atoms with van der Waals surface area (Å²) < 4.78 is 0. The Bertz CT molecular complexity index is 320. The van der Waals surface area contributed by atoms with Crippen LogP contribution in [0.4, 0.5) is 0 Å². The second-order valence-corrected chi connectivity index (χ2v) is 3.33. The molecule has 0 atom stereocenters. The third-order valence-corrected chi connectivity index (χ3v) is 2.45. The maximum Gasteiger partial charge on any atom is 0.0439 e. The van der Waals surface area contributed by atoms with Crippen LogP contribution in [0, 0.1) is 0 Å². The average molecular weight is 201 g/mol. The summed E-state index contributed by atoms with van der Waals surface area (Å²) in [5, 5.41) is 0. The van der Waals surface area contributed by atoms with Crippen LogP contribution in [0.25, 0.3) is 5.70 Å². The molecule has 0 aliphatic carbocycles. The van der Waals surface area contributed by atoms with E-state index in [2.05, 4.69) is 55.7 Å². The predicted molar refractivity (Wildman–Crippen MR) is 67.5 cm³/mol. The summed E-state index contributed by atoms with van der Waals surface area (Å²) in [5.74, 6) is 0. The lowest BCUT2D eigenvalue weighted by Gasteiger charge is -2.24. The summed E-state index contributed by atoms with van der Waals surface area (Å²) in [5.41, 5.74) is 2.50. The first-order chi connectivity index (χ1) is 7.33. The molecule has 0 radical (unpaired) electrons. The summed E-state index contributed by atoms with van der Waals surface area (Å²) in [7, 11) is 0. The van der Waals surface area contributed by atoms with Crippen molar-refractivity contribution in [1.82, 2.24) is 4.90 Å². The van der Waals surface area contributed by atoms with Crippen LogP contribution in [0.5, 0.6) is 0 Å². The van der Waals surface area contributed by atoms with Crippen LogP contribution >= 0.6 is 0 Å². The second kappa shape index (κ2) is 6.07. The molecule has 0 fully saturated rings. The standard InChI is InChI=1S/C14H19N/c1-4-10-14(15(5-2)6-3)13-11-8-7-9-12-13/h4,7-12H,1,5-6H2,2-3H3. The number of rotatable bonds is 5. The van der Waals surface area contributed by atoms with Crippen LogP contribution in [0.2, 0.25) is 0 Å². The van der Waals surface area contributed by atoms with Gasteiger partial charge in [0.05, 0.1) is 0 Å². The van der Waals surface area contributed by atoms with Gasteiger partial charge in [0.2, 0.25) is 0 Å². The normalized spacial score (nSPS) is 11.2. The molecule has 0 bridgehead atoms. The molecule has 0 amide bonds. The quantitative estimate of drug-likeness (QED) is 0.658. The molecule has 0 aliphatic heterocycles. The molecule has 0 unspecified atom stereocenters. The van der Waals surface area contributed by atoms with Crippen LogP contribution in [0.1, 0.15) is 19.4 Å². The van der Waals surface area contributed by atoms with E-state index in [4.69, 9.17) is 0 Å². The van der Waals surface area contributed by atoms with Gasteiger partial charge in [0.15, 0.2) is 0 Å². The highest BCUT2D eigenvalue weighted by molar-refractivity contribution is 5.65. The molecule has 1 heteroatoms. The van der Waals surface area contributed by atoms with E-state index in [9.17, 15) is 0 Å². The average Bonchev–Trinajstić information content (AvgIpc) is 2.30. The Morgan fingerprint density at radius 3 is 2.27 bits per heavy atom. The third-order valence-electron chi connectivity index (χ3n) is 2.45. The molecule has 0 N–H and O–H groups in total. The topological polar surface area (TPSA) is 3.24 Å². The smallest absolute Gasteiger partial charge is 0.0439 e. The Hall–Kier alpha value is -1.50. The van der Waals surface area contributed by atoms with Crippen molar-refractivity contribution in [3.8, 4) is 0 Å². The minimum atomic E-state index is 1.02. The van der Waals surface area contributed by atoms with Crippen molar-refractivity contribution in [3.63, 3.8) is 0 Å². The molecule has 1 rings (SSSR count). The van der Waals surface area contributed by atoms with Gasteiger partial charge in [-0.3, -0.25) is 0 Å². The largest absolute Gasteiger partial charge is 0.372 e. The van der Waals surface area contributed by atoms with Crippen LogP contribution < -0.4 is 0 Å². The van der Waals surface area contributed by atoms with E-state index in [-0.39, 0.29) is 0 Å². The molecular formula is C14H19N. The summed E-state index contributed by atoms with van der Waals surface area (Å²) in [6, 6.07) is 10.4. The molecule has 0 aliphatic rings. The summed E-state index contributed by atoms with van der Waals surface area (Å²) >= 11 is 0. The van der Waals surface area contributed by atoms with Gasteiger partial charge in [0.1, 0.15) is 0 Å². The zero-order chi connectivity index (χ0) is 11.1. The fourth-order valence-electron chi connectivity index (χ4n) is 1.67. The number of benzene rings is 1. The molecule has 80 valence electrons. The minimum Gasteiger partial charge on any atom is -0.372 e. The molecule has 0 heterocycles. The van der Waals surface area contributed by atoms with Gasteiger partial charge in [-0.25, -0.2) is 0 Å². The van der Waals surface area contributed by atoms with Crippen molar-refractivity contribution in [2.24, 2.45) is 0 Å². The Kier molecular flexibility index (Phi) is 4.69. The molecule has 0 spiro atoms. The highest BCUT2D eigenvalue weighted by atomic mass is 15.1. The first-order valence-electron chi connectivity index (χ1n) is 5.46. The fourth-order valence-corrected chi connectivity index (χ4v) is 1.67. The van der Waals surface area contributed by atoms with E-state index < -0.39 is 0 Å². The predicted octanol–water partition coefficient (Wildman–Crippen LogP) is 3.56. The lowest BCUT2D eigenvalue weighted by Crippen LogP contribution is -2.21. The number of allylic oxidation sites excluding steroid dienone is 2. The van der Waals surface area contributed by atoms with E-state index in [1.165, 1.54) is 11.3 Å². The van der Waals surface area contributed by atoms with Gasteiger partial charge in [0, 0.05) is 18.8 Å². The number of nitrogens with zero attached hydrogens (tertiary/aromatic N) is 1. The van der Waals surface area contributed by atoms with E-state index in [1.54, 1.807) is 0 Å². The first-order valence-corrected chi connectivity index (χ1v) is 5.46. The van der Waals surface area contributed by atoms with Crippen molar-refractivity contribution >= 4 is 5.70 Å². The van der Waals surface area contributed by atoms with Gasteiger partial charge in [-0.1, -0.05) is 43.0 Å². The van der Waals surface area contributed by atoms with E-state index in [1.807, 2.05) is 12.1 Å². The fraction of sp³-hybridized carbons (Fsp3) is 0.286. The SMILES string of the molecule is C=CC=C(c1ccccc1)N(CC)CC. The van der Waals surface area contributed by atoms with Crippen molar-refractivity contribution in [2.75, 3.05) is 13.1 Å². The minimum absolute atomic E-state index is 1.02. The Balaban J connectivity index is 3.03. The number of hydrogen-bond donors (Lipinski definition) is 0. The molecule has 0 aromatic heterocycles. The zero-order valence-electron chi connectivity index (χ0n) is 9.61. The Labute approximate surface area is 92.7 Å². The van der Waals surface area contributed by atoms with Gasteiger partial charge >= 0.3 is 0 Å². The molecule has 1 nitrogen and oxygen atoms in total. The Morgan fingerprint density at radius 2 is 1.80 bits per heavy atom. The van der Waals surface area contributed by atoms with E-state index in [0.29, 0.717) is 0 Å². The van der Waals surface area contributed by atoms with Gasteiger partial charge in [0.25, 0.3) is 0 Å². The van der Waals surface area contributed by atoms with Crippen molar-refractivity contribution in [2.45, 2.75) is 13.8 Å². The highest BCUT2D eigenvalue weighted by Gasteiger charge is 2.06. The summed E-state index contributed by atoms with van der Waals surface area (Å²) in [4.78, 5) is 2.33. The van der Waals surface area contributed by atoms with Crippen molar-refractivity contribution in [1.29, 1.82) is 0 Å². The molecule has 0 saturated carbocycles. The highest BCUT2D eigenvalue weighted by Crippen LogP contribution is 2.18. The number of hydrogen-bond acceptors (Lipinski definition) is 1. The Morgan fingerprint density at radius 1 is 1.20 bits per heavy atom.